The molecule has 2 rings (SSSR count). The summed E-state index contributed by atoms with van der Waals surface area (Å²) in [5, 5.41) is 0. The zero-order chi connectivity index (χ0) is 15.6. The van der Waals surface area contributed by atoms with Crippen LogP contribution >= 0.6 is 12.2 Å². The van der Waals surface area contributed by atoms with Crippen LogP contribution in [0.5, 0.6) is 5.75 Å². The number of ether oxygens (including phenoxy) is 1. The largest absolute Gasteiger partial charge is 0.496 e. The molecular formula is C14H15N3O3S. The molecule has 110 valence electrons. The van der Waals surface area contributed by atoms with Crippen LogP contribution in [0.4, 0.5) is 0 Å². The third kappa shape index (κ3) is 3.19. The van der Waals surface area contributed by atoms with Crippen molar-refractivity contribution in [2.45, 2.75) is 13.5 Å². The first kappa shape index (κ1) is 15.0. The van der Waals surface area contributed by atoms with E-state index >= 15 is 0 Å². The Hall–Kier alpha value is -2.41. The summed E-state index contributed by atoms with van der Waals surface area (Å²) in [7, 11) is 1.54. The second-order valence-corrected chi connectivity index (χ2v) is 4.97. The molecule has 0 spiro atoms. The number of hydrogen-bond donors (Lipinski definition) is 2. The molecule has 0 fully saturated rings. The maximum absolute atomic E-state index is 11.7. The van der Waals surface area contributed by atoms with Crippen LogP contribution in [0.1, 0.15) is 5.56 Å². The Labute approximate surface area is 126 Å². The van der Waals surface area contributed by atoms with Gasteiger partial charge < -0.3 is 15.0 Å². The summed E-state index contributed by atoms with van der Waals surface area (Å²) in [5.41, 5.74) is 7.06. The van der Waals surface area contributed by atoms with E-state index in [1.807, 2.05) is 19.1 Å². The molecule has 0 aliphatic heterocycles. The number of nitrogens with zero attached hydrogens (tertiary/aromatic N) is 1. The lowest BCUT2D eigenvalue weighted by Gasteiger charge is -2.15. The van der Waals surface area contributed by atoms with Gasteiger partial charge in [-0.3, -0.25) is 14.6 Å². The normalized spacial score (nSPS) is 10.4. The van der Waals surface area contributed by atoms with E-state index < -0.39 is 5.91 Å². The van der Waals surface area contributed by atoms with Gasteiger partial charge in [0.05, 0.1) is 12.8 Å². The first-order valence-electron chi connectivity index (χ1n) is 6.20. The number of H-pyrrole nitrogens is 1. The summed E-state index contributed by atoms with van der Waals surface area (Å²) in [6.07, 6.45) is 0. The van der Waals surface area contributed by atoms with Gasteiger partial charge in [-0.05, 0) is 31.3 Å². The zero-order valence-electron chi connectivity index (χ0n) is 11.7. The average Bonchev–Trinajstić information content (AvgIpc) is 2.41. The zero-order valence-corrected chi connectivity index (χ0v) is 12.5. The SMILES string of the molecule is COc1ccc(C)cc1-c1cc(=O)[nH]c(=S)n1CC(N)=O. The van der Waals surface area contributed by atoms with Crippen molar-refractivity contribution in [3.8, 4) is 17.0 Å². The van der Waals surface area contributed by atoms with Crippen LogP contribution in [0.15, 0.2) is 29.1 Å². The molecule has 2 aromatic rings. The predicted molar refractivity (Wildman–Crippen MR) is 81.8 cm³/mol. The Balaban J connectivity index is 2.79. The van der Waals surface area contributed by atoms with Gasteiger partial charge in [0, 0.05) is 11.6 Å². The van der Waals surface area contributed by atoms with Crippen LogP contribution in [0.25, 0.3) is 11.3 Å². The topological polar surface area (TPSA) is 90.1 Å². The molecule has 1 aromatic heterocycles. The Kier molecular flexibility index (Phi) is 4.23. The summed E-state index contributed by atoms with van der Waals surface area (Å²) >= 11 is 5.12. The molecule has 1 heterocycles. The Morgan fingerprint density at radius 2 is 2.14 bits per heavy atom. The lowest BCUT2D eigenvalue weighted by molar-refractivity contribution is -0.118. The van der Waals surface area contributed by atoms with Crippen molar-refractivity contribution in [3.05, 3.63) is 45.0 Å². The molecule has 0 unspecified atom stereocenters. The van der Waals surface area contributed by atoms with E-state index in [0.29, 0.717) is 17.0 Å². The van der Waals surface area contributed by atoms with E-state index in [4.69, 9.17) is 22.7 Å². The number of aromatic amines is 1. The summed E-state index contributed by atoms with van der Waals surface area (Å²) in [6, 6.07) is 6.92. The monoisotopic (exact) mass is 305 g/mol. The first-order chi connectivity index (χ1) is 9.92. The second kappa shape index (κ2) is 5.92. The first-order valence-corrected chi connectivity index (χ1v) is 6.60. The number of aryl methyl sites for hydroxylation is 1. The predicted octanol–water partition coefficient (Wildman–Crippen LogP) is 1.38. The quantitative estimate of drug-likeness (QED) is 0.835. The molecule has 0 saturated carbocycles. The highest BCUT2D eigenvalue weighted by molar-refractivity contribution is 7.71. The number of carbonyl (C=O) groups is 1. The fourth-order valence-electron chi connectivity index (χ4n) is 2.08. The van der Waals surface area contributed by atoms with Crippen molar-refractivity contribution in [2.24, 2.45) is 5.73 Å². The molecule has 3 N–H and O–H groups in total. The third-order valence-corrected chi connectivity index (χ3v) is 3.30. The Morgan fingerprint density at radius 1 is 1.43 bits per heavy atom. The van der Waals surface area contributed by atoms with Crippen molar-refractivity contribution in [1.29, 1.82) is 0 Å². The number of methoxy groups -OCH3 is 1. The van der Waals surface area contributed by atoms with Gasteiger partial charge in [0.15, 0.2) is 4.77 Å². The summed E-state index contributed by atoms with van der Waals surface area (Å²) in [6.45, 7) is 1.80. The highest BCUT2D eigenvalue weighted by atomic mass is 32.1. The fraction of sp³-hybridized carbons (Fsp3) is 0.214. The van der Waals surface area contributed by atoms with E-state index in [1.165, 1.54) is 17.7 Å². The lowest BCUT2D eigenvalue weighted by Crippen LogP contribution is -2.23. The summed E-state index contributed by atoms with van der Waals surface area (Å²) in [4.78, 5) is 25.4. The van der Waals surface area contributed by atoms with Crippen molar-refractivity contribution in [2.75, 3.05) is 7.11 Å². The van der Waals surface area contributed by atoms with Crippen LogP contribution in [0.3, 0.4) is 0 Å². The molecule has 0 aliphatic carbocycles. The number of benzene rings is 1. The molecule has 1 aromatic carbocycles. The van der Waals surface area contributed by atoms with E-state index in [-0.39, 0.29) is 16.9 Å². The number of primary amides is 1. The number of carbonyl (C=O) groups excluding carboxylic acids is 1. The molecular weight excluding hydrogens is 290 g/mol. The lowest BCUT2D eigenvalue weighted by atomic mass is 10.1. The molecule has 0 bridgehead atoms. The summed E-state index contributed by atoms with van der Waals surface area (Å²) in [5.74, 6) is 0.0323. The molecule has 21 heavy (non-hydrogen) atoms. The van der Waals surface area contributed by atoms with E-state index in [1.54, 1.807) is 6.07 Å². The maximum atomic E-state index is 11.7. The van der Waals surface area contributed by atoms with Gasteiger partial charge in [0.25, 0.3) is 5.56 Å². The van der Waals surface area contributed by atoms with Crippen molar-refractivity contribution in [1.82, 2.24) is 9.55 Å². The second-order valence-electron chi connectivity index (χ2n) is 4.58. The van der Waals surface area contributed by atoms with Crippen molar-refractivity contribution in [3.63, 3.8) is 0 Å². The average molecular weight is 305 g/mol. The number of rotatable bonds is 4. The molecule has 1 amide bonds. The van der Waals surface area contributed by atoms with Crippen LogP contribution in [0.2, 0.25) is 0 Å². The van der Waals surface area contributed by atoms with Crippen LogP contribution in [-0.2, 0) is 11.3 Å². The highest BCUT2D eigenvalue weighted by Gasteiger charge is 2.13. The number of aromatic nitrogens is 2. The van der Waals surface area contributed by atoms with Gasteiger partial charge in [-0.25, -0.2) is 0 Å². The van der Waals surface area contributed by atoms with E-state index in [9.17, 15) is 9.59 Å². The Bertz CT molecular complexity index is 808. The van der Waals surface area contributed by atoms with Gasteiger partial charge in [-0.2, -0.15) is 0 Å². The fourth-order valence-corrected chi connectivity index (χ4v) is 2.34. The molecule has 0 atom stereocenters. The maximum Gasteiger partial charge on any atom is 0.252 e. The van der Waals surface area contributed by atoms with Gasteiger partial charge in [-0.15, -0.1) is 0 Å². The smallest absolute Gasteiger partial charge is 0.252 e. The van der Waals surface area contributed by atoms with E-state index in [0.717, 1.165) is 5.56 Å². The minimum atomic E-state index is -0.550. The highest BCUT2D eigenvalue weighted by Crippen LogP contribution is 2.30. The molecule has 7 heteroatoms. The van der Waals surface area contributed by atoms with Crippen molar-refractivity contribution < 1.29 is 9.53 Å². The van der Waals surface area contributed by atoms with Crippen molar-refractivity contribution >= 4 is 18.1 Å². The molecule has 0 aliphatic rings. The summed E-state index contributed by atoms with van der Waals surface area (Å²) < 4.78 is 6.94. The van der Waals surface area contributed by atoms with E-state index in [2.05, 4.69) is 4.98 Å². The van der Waals surface area contributed by atoms with Gasteiger partial charge in [0.2, 0.25) is 5.91 Å². The van der Waals surface area contributed by atoms with Gasteiger partial charge in [0.1, 0.15) is 12.3 Å². The Morgan fingerprint density at radius 3 is 2.76 bits per heavy atom. The minimum absolute atomic E-state index is 0.123. The molecule has 0 saturated heterocycles. The number of nitrogens with one attached hydrogen (secondary N) is 1. The van der Waals surface area contributed by atoms with Gasteiger partial charge in [-0.1, -0.05) is 11.6 Å². The standard InChI is InChI=1S/C14H15N3O3S/c1-8-3-4-11(20-2)9(5-8)10-6-13(19)16-14(21)17(10)7-12(15)18/h3-6H,7H2,1-2H3,(H2,15,18)(H,16,19,21). The van der Waals surface area contributed by atoms with Crippen LogP contribution < -0.4 is 16.0 Å². The third-order valence-electron chi connectivity index (χ3n) is 2.98. The number of hydrogen-bond acceptors (Lipinski definition) is 4. The molecule has 6 nitrogen and oxygen atoms in total. The molecule has 0 radical (unpaired) electrons. The van der Waals surface area contributed by atoms with Crippen LogP contribution in [0, 0.1) is 11.7 Å². The minimum Gasteiger partial charge on any atom is -0.496 e. The number of amides is 1. The van der Waals surface area contributed by atoms with Crippen LogP contribution in [-0.4, -0.2) is 22.6 Å². The number of nitrogens with two attached hydrogens (primary N) is 1. The van der Waals surface area contributed by atoms with Gasteiger partial charge >= 0.3 is 0 Å².